The molecule has 0 N–H and O–H groups in total. The number of rotatable bonds is 12. The molecule has 18 aromatic rings. The highest BCUT2D eigenvalue weighted by molar-refractivity contribution is 6.35. The lowest BCUT2D eigenvalue weighted by molar-refractivity contribution is -0.141. The van der Waals surface area contributed by atoms with Gasteiger partial charge in [0.1, 0.15) is 42.6 Å². The van der Waals surface area contributed by atoms with E-state index in [1.807, 2.05) is 48.5 Å². The van der Waals surface area contributed by atoms with Crippen molar-refractivity contribution in [3.63, 3.8) is 0 Å². The molecule has 2 aliphatic heterocycles. The van der Waals surface area contributed by atoms with Crippen LogP contribution in [0.15, 0.2) is 303 Å². The quantitative estimate of drug-likeness (QED) is 0.0834. The van der Waals surface area contributed by atoms with Gasteiger partial charge in [0.05, 0.1) is 78.4 Å². The summed E-state index contributed by atoms with van der Waals surface area (Å²) in [4.78, 5) is 57.6. The zero-order valence-corrected chi connectivity index (χ0v) is 80.7. The minimum absolute atomic E-state index is 0.0123. The fourth-order valence-corrected chi connectivity index (χ4v) is 17.1. The first-order valence-electron chi connectivity index (χ1n) is 44.1. The Morgan fingerprint density at radius 1 is 0.253 bits per heavy atom. The summed E-state index contributed by atoms with van der Waals surface area (Å²) < 4.78 is 304. The molecule has 0 spiro atoms. The third-order valence-corrected chi connectivity index (χ3v) is 24.2. The molecule has 20 rings (SSSR count). The predicted molar refractivity (Wildman–Crippen MR) is 522 cm³/mol. The maximum Gasteiger partial charge on any atom is 0.417 e. The summed E-state index contributed by atoms with van der Waals surface area (Å²) in [6.07, 6.45) is -29.6. The smallest absolute Gasteiger partial charge is 0.294 e. The Morgan fingerprint density at radius 3 is 1.08 bits per heavy atom. The first kappa shape index (κ1) is 110. The van der Waals surface area contributed by atoms with Crippen LogP contribution >= 0.6 is 69.6 Å². The van der Waals surface area contributed by atoms with Gasteiger partial charge in [0.2, 0.25) is 0 Å². The van der Waals surface area contributed by atoms with Gasteiger partial charge in [-0.2, -0.15) is 92.2 Å². The van der Waals surface area contributed by atoms with Crippen LogP contribution in [0.2, 0.25) is 30.9 Å². The predicted octanol–water partition coefficient (Wildman–Crippen LogP) is 32.3. The molecule has 0 atom stereocenters. The summed E-state index contributed by atoms with van der Waals surface area (Å²) in [6.45, 7) is 4.17. The minimum Gasteiger partial charge on any atom is -0.294 e. The van der Waals surface area contributed by atoms with Gasteiger partial charge in [-0.1, -0.05) is 246 Å². The molecule has 0 aliphatic carbocycles. The number of pyridine rings is 1. The van der Waals surface area contributed by atoms with Crippen LogP contribution in [0.1, 0.15) is 72.6 Å². The second-order valence-electron chi connectivity index (χ2n) is 32.7. The Kier molecular flexibility index (Phi) is 34.0. The van der Waals surface area contributed by atoms with Crippen LogP contribution in [0, 0.1) is 11.6 Å². The molecule has 0 bridgehead atoms. The second-order valence-corrected chi connectivity index (χ2v) is 34.9. The first-order valence-corrected chi connectivity index (χ1v) is 46.4. The van der Waals surface area contributed by atoms with Gasteiger partial charge >= 0.3 is 43.2 Å². The highest BCUT2D eigenvalue weighted by atomic mass is 35.5. The molecule has 15 nitrogen and oxygen atoms in total. The van der Waals surface area contributed by atoms with Gasteiger partial charge in [0.25, 0.3) is 0 Å². The van der Waals surface area contributed by atoms with Crippen molar-refractivity contribution >= 4 is 91.4 Å². The third kappa shape index (κ3) is 27.4. The van der Waals surface area contributed by atoms with Crippen molar-refractivity contribution in [2.45, 2.75) is 82.3 Å². The molecule has 0 saturated carbocycles. The fraction of sp³-hybridized carbons (Fsp3) is 0.142. The monoisotopic (exact) mass is 2200 g/mol. The summed E-state index contributed by atoms with van der Waals surface area (Å²) in [7, 11) is 0. The van der Waals surface area contributed by atoms with E-state index in [1.54, 1.807) is 85.1 Å². The number of para-hydroxylation sites is 2. The van der Waals surface area contributed by atoms with Crippen LogP contribution in [0.25, 0.3) is 113 Å². The number of fused-ring (bicyclic) bond motifs is 4. The van der Waals surface area contributed by atoms with Gasteiger partial charge < -0.3 is 0 Å². The standard InChI is InChI=1S/2C21H17ClF3N3.C17H9ClF4N2.C16H7ClF6N2.C16H9ClF3N3.C15H7ClF4N2/c22-19-16-13-28(12-14-6-2-1-3-7-14)11-10-18(16)26-20(27-19)15-8-4-5-9-17(15)21(23,24)25;22-19-16-10-11-28(12-14-6-2-1-3-7-14)13-18(16)26-20(27-19)15-8-4-5-9-17(15)21(23,24)25;18-15-9-14(11-6-2-4-8-13(11)19)23-16(24-15)10-5-1-3-7-12(10)17(20,21)22;17-13-9-3-1-2-4-12(9)24-14(25-13)10-7-8(15(18,19)20)5-6-11(10)16(21,22)23;17-14-9-13(12-7-3-4-8-21-12)22-15(23-14)10-5-1-2-6-11(10)16(18,19)20;16-13-10-3-1-2-4-12(10)21-14(22-13)9-6-5-8(17)7-11(9)15(18,19)20/h2*1-9H,10-13H2;1-9H;1-7H;1-9H;1-7H. The van der Waals surface area contributed by atoms with E-state index in [0.717, 1.165) is 79.4 Å². The van der Waals surface area contributed by atoms with Crippen molar-refractivity contribution < 1.29 is 101 Å². The summed E-state index contributed by atoms with van der Waals surface area (Å²) >= 11 is 36.5. The van der Waals surface area contributed by atoms with E-state index in [0.29, 0.717) is 83.6 Å². The van der Waals surface area contributed by atoms with Crippen molar-refractivity contribution in [2.75, 3.05) is 13.1 Å². The zero-order valence-electron chi connectivity index (χ0n) is 76.2. The van der Waals surface area contributed by atoms with Crippen molar-refractivity contribution in [3.8, 4) is 91.0 Å². The van der Waals surface area contributed by atoms with Gasteiger partial charge in [0, 0.05) is 125 Å². The molecule has 768 valence electrons. The molecule has 2 aliphatic rings. The summed E-state index contributed by atoms with van der Waals surface area (Å²) in [6, 6.07) is 70.9. The van der Waals surface area contributed by atoms with Gasteiger partial charge in [0.15, 0.2) is 34.9 Å². The maximum absolute atomic E-state index is 13.9. The highest BCUT2D eigenvalue weighted by Crippen LogP contribution is 2.47. The van der Waals surface area contributed by atoms with Crippen molar-refractivity contribution in [1.82, 2.24) is 74.6 Å². The lowest BCUT2D eigenvalue weighted by atomic mass is 10.0. The normalized spacial score (nSPS) is 12.9. The van der Waals surface area contributed by atoms with Crippen molar-refractivity contribution in [2.24, 2.45) is 0 Å². The van der Waals surface area contributed by atoms with Gasteiger partial charge in [-0.3, -0.25) is 14.8 Å². The number of alkyl halides is 21. The second kappa shape index (κ2) is 46.4. The van der Waals surface area contributed by atoms with E-state index in [-0.39, 0.29) is 105 Å². The van der Waals surface area contributed by atoms with Crippen molar-refractivity contribution in [3.05, 3.63) is 419 Å². The third-order valence-electron chi connectivity index (χ3n) is 22.6. The molecule has 0 radical (unpaired) electrons. The van der Waals surface area contributed by atoms with Gasteiger partial charge in [-0.15, -0.1) is 0 Å². The molecule has 0 saturated heterocycles. The number of nitrogens with zero attached hydrogens (tertiary/aromatic N) is 15. The molecule has 11 aromatic carbocycles. The fourth-order valence-electron chi connectivity index (χ4n) is 15.7. The molecule has 150 heavy (non-hydrogen) atoms. The number of hydrogen-bond donors (Lipinski definition) is 0. The molecular weight excluding hydrogens is 2130 g/mol. The lowest BCUT2D eigenvalue weighted by Gasteiger charge is -2.28. The Hall–Kier alpha value is -14.4. The Labute approximate surface area is 866 Å². The summed E-state index contributed by atoms with van der Waals surface area (Å²) in [5.41, 5.74) is -1.28. The Morgan fingerprint density at radius 2 is 0.620 bits per heavy atom. The van der Waals surface area contributed by atoms with Gasteiger partial charge in [-0.05, 0) is 127 Å². The lowest BCUT2D eigenvalue weighted by Crippen LogP contribution is -2.31. The highest BCUT2D eigenvalue weighted by Gasteiger charge is 2.42. The molecule has 0 unspecified atom stereocenters. The van der Waals surface area contributed by atoms with Crippen molar-refractivity contribution in [1.29, 1.82) is 0 Å². The van der Waals surface area contributed by atoms with Crippen LogP contribution < -0.4 is 0 Å². The molecule has 0 amide bonds. The van der Waals surface area contributed by atoms with Crippen LogP contribution in [0.5, 0.6) is 0 Å². The molecule has 9 heterocycles. The number of aromatic nitrogens is 13. The maximum atomic E-state index is 13.9. The van der Waals surface area contributed by atoms with Crippen LogP contribution in [-0.4, -0.2) is 87.7 Å². The molecule has 0 fully saturated rings. The number of hydrogen-bond acceptors (Lipinski definition) is 15. The Bertz CT molecular complexity index is 7890. The van der Waals surface area contributed by atoms with E-state index >= 15 is 0 Å². The van der Waals surface area contributed by atoms with Crippen LogP contribution in [-0.2, 0) is 82.3 Å². The Balaban J connectivity index is 0.000000135. The molecular formula is C106H66Cl6F23N15. The number of halogens is 29. The summed E-state index contributed by atoms with van der Waals surface area (Å²) in [5.74, 6) is -2.53. The zero-order chi connectivity index (χ0) is 108. The van der Waals surface area contributed by atoms with E-state index < -0.39 is 105 Å². The van der Waals surface area contributed by atoms with Gasteiger partial charge in [-0.25, -0.2) is 68.6 Å². The van der Waals surface area contributed by atoms with E-state index in [1.165, 1.54) is 108 Å². The van der Waals surface area contributed by atoms with Crippen LogP contribution in [0.3, 0.4) is 0 Å². The van der Waals surface area contributed by atoms with E-state index in [4.69, 9.17) is 69.6 Å². The molecule has 7 aromatic heterocycles. The minimum atomic E-state index is -4.87. The van der Waals surface area contributed by atoms with E-state index in [2.05, 4.69) is 86.7 Å². The average molecular weight is 2200 g/mol. The SMILES string of the molecule is FC(F)(F)c1ccc(C(F)(F)F)c(-c2nc(Cl)c3ccccc3n2)c1.FC(F)(F)c1ccccc1-c1nc(Cl)c2c(n1)CCN(Cc1ccccc1)C2.FC(F)(F)c1ccccc1-c1nc(Cl)c2c(n1)CN(Cc1ccccc1)CC2.FC(F)(F)c1ccccc1-c1nc(Cl)cc(-c2ccccn2)n1.Fc1ccc(-c2nc(Cl)c3ccccc3n2)c(C(F)(F)F)c1.Fc1ccccc1-c1cc(Cl)nc(-c2ccccc2C(F)(F)F)n1. The topological polar surface area (TPSA) is 174 Å². The largest absolute Gasteiger partial charge is 0.417 e. The van der Waals surface area contributed by atoms with E-state index in [9.17, 15) is 101 Å². The van der Waals surface area contributed by atoms with Crippen LogP contribution in [0.4, 0.5) is 101 Å². The molecule has 44 heteroatoms. The number of benzene rings is 11. The summed E-state index contributed by atoms with van der Waals surface area (Å²) in [5, 5.41) is 1.23. The first-order chi connectivity index (χ1) is 71.1. The average Bonchev–Trinajstić information content (AvgIpc) is 0.778.